The number of aromatic carboxylic acids is 1. The molecule has 0 atom stereocenters. The highest BCUT2D eigenvalue weighted by Crippen LogP contribution is 2.22. The fraction of sp³-hybridized carbons (Fsp3) is 0.143. The van der Waals surface area contributed by atoms with Crippen LogP contribution in [0, 0.1) is 0 Å². The van der Waals surface area contributed by atoms with Crippen LogP contribution in [-0.2, 0) is 14.1 Å². The Labute approximate surface area is 120 Å². The van der Waals surface area contributed by atoms with Crippen LogP contribution in [0.15, 0.2) is 36.9 Å². The van der Waals surface area contributed by atoms with Crippen LogP contribution < -0.4 is 5.11 Å². The Hall–Kier alpha value is -2.96. The molecule has 7 heteroatoms. The first-order chi connectivity index (χ1) is 10.1. The van der Waals surface area contributed by atoms with Crippen LogP contribution in [0.3, 0.4) is 0 Å². The fourth-order valence-corrected chi connectivity index (χ4v) is 2.10. The van der Waals surface area contributed by atoms with Gasteiger partial charge >= 0.3 is 0 Å². The number of imidazole rings is 2. The predicted octanol–water partition coefficient (Wildman–Crippen LogP) is 0.246. The molecule has 3 rings (SSSR count). The van der Waals surface area contributed by atoms with Gasteiger partial charge < -0.3 is 19.0 Å². The molecule has 0 spiro atoms. The Kier molecular flexibility index (Phi) is 3.02. The van der Waals surface area contributed by atoms with Gasteiger partial charge in [0.15, 0.2) is 11.6 Å². The van der Waals surface area contributed by atoms with E-state index in [-0.39, 0.29) is 5.56 Å². The van der Waals surface area contributed by atoms with Crippen molar-refractivity contribution in [3.05, 3.63) is 42.5 Å². The van der Waals surface area contributed by atoms with E-state index in [9.17, 15) is 9.90 Å². The largest absolute Gasteiger partial charge is 0.545 e. The highest BCUT2D eigenvalue weighted by Gasteiger charge is 2.13. The molecular weight excluding hydrogens is 270 g/mol. The van der Waals surface area contributed by atoms with Gasteiger partial charge in [-0.1, -0.05) is 0 Å². The van der Waals surface area contributed by atoms with Gasteiger partial charge in [0.2, 0.25) is 0 Å². The number of rotatable bonds is 3. The van der Waals surface area contributed by atoms with Gasteiger partial charge in [0.25, 0.3) is 0 Å². The first-order valence-electron chi connectivity index (χ1n) is 6.25. The Bertz CT molecular complexity index is 760. The monoisotopic (exact) mass is 282 g/mol. The van der Waals surface area contributed by atoms with Crippen molar-refractivity contribution in [2.75, 3.05) is 0 Å². The lowest BCUT2D eigenvalue weighted by Crippen LogP contribution is -2.22. The van der Waals surface area contributed by atoms with Gasteiger partial charge in [-0.05, 0) is 12.1 Å². The molecule has 3 aromatic heterocycles. The van der Waals surface area contributed by atoms with E-state index in [0.29, 0.717) is 23.0 Å². The van der Waals surface area contributed by atoms with Gasteiger partial charge in [0, 0.05) is 44.4 Å². The van der Waals surface area contributed by atoms with Crippen molar-refractivity contribution in [2.45, 2.75) is 0 Å². The summed E-state index contributed by atoms with van der Waals surface area (Å²) >= 11 is 0. The molecule has 3 heterocycles. The number of carbonyl (C=O) groups excluding carboxylic acids is 1. The molecule has 0 saturated carbocycles. The molecule has 0 aliphatic heterocycles. The topological polar surface area (TPSA) is 88.7 Å². The Morgan fingerprint density at radius 2 is 1.48 bits per heavy atom. The van der Waals surface area contributed by atoms with Gasteiger partial charge in [-0.3, -0.25) is 0 Å². The number of hydrogen-bond donors (Lipinski definition) is 0. The van der Waals surface area contributed by atoms with Crippen molar-refractivity contribution in [3.63, 3.8) is 0 Å². The van der Waals surface area contributed by atoms with E-state index >= 15 is 0 Å². The number of carboxylic acids is 1. The second-order valence-electron chi connectivity index (χ2n) is 4.64. The van der Waals surface area contributed by atoms with Crippen LogP contribution in [0.4, 0.5) is 0 Å². The third kappa shape index (κ3) is 2.29. The minimum absolute atomic E-state index is 0.0426. The van der Waals surface area contributed by atoms with E-state index in [2.05, 4.69) is 15.0 Å². The standard InChI is InChI=1S/C14H13N5O2/c1-18-5-3-15-12(18)10-7-9(14(20)21)8-11(17-10)13-16-4-6-19(13)2/h3-8H,1-2H3,(H,20,21)/p-1. The van der Waals surface area contributed by atoms with Crippen molar-refractivity contribution < 1.29 is 9.90 Å². The zero-order valence-electron chi connectivity index (χ0n) is 11.5. The normalized spacial score (nSPS) is 10.8. The molecule has 0 N–H and O–H groups in total. The SMILES string of the molecule is Cn1ccnc1-c1cc(C(=O)[O-])cc(-c2nccn2C)n1. The second-order valence-corrected chi connectivity index (χ2v) is 4.64. The maximum atomic E-state index is 11.2. The third-order valence-corrected chi connectivity index (χ3v) is 3.16. The van der Waals surface area contributed by atoms with Crippen molar-refractivity contribution >= 4 is 5.97 Å². The summed E-state index contributed by atoms with van der Waals surface area (Å²) in [5.41, 5.74) is 0.963. The molecule has 0 unspecified atom stereocenters. The molecule has 0 radical (unpaired) electrons. The second kappa shape index (κ2) is 4.86. The average Bonchev–Trinajstić information content (AvgIpc) is 3.06. The zero-order chi connectivity index (χ0) is 15.0. The van der Waals surface area contributed by atoms with E-state index < -0.39 is 5.97 Å². The number of hydrogen-bond acceptors (Lipinski definition) is 5. The number of pyridine rings is 1. The predicted molar refractivity (Wildman–Crippen MR) is 73.0 cm³/mol. The van der Waals surface area contributed by atoms with Crippen LogP contribution in [0.25, 0.3) is 23.0 Å². The first-order valence-corrected chi connectivity index (χ1v) is 6.25. The number of carboxylic acid groups (broad SMARTS) is 1. The Morgan fingerprint density at radius 1 is 1.00 bits per heavy atom. The summed E-state index contributed by atoms with van der Waals surface area (Å²) in [5, 5.41) is 11.2. The maximum Gasteiger partial charge on any atom is 0.158 e. The summed E-state index contributed by atoms with van der Waals surface area (Å²) in [7, 11) is 3.63. The van der Waals surface area contributed by atoms with Crippen molar-refractivity contribution in [2.24, 2.45) is 14.1 Å². The van der Waals surface area contributed by atoms with Crippen LogP contribution >= 0.6 is 0 Å². The summed E-state index contributed by atoms with van der Waals surface area (Å²) in [6, 6.07) is 2.90. The molecule has 7 nitrogen and oxygen atoms in total. The van der Waals surface area contributed by atoms with Gasteiger partial charge in [-0.15, -0.1) is 0 Å². The van der Waals surface area contributed by atoms with Gasteiger partial charge in [0.05, 0.1) is 5.97 Å². The molecule has 0 amide bonds. The highest BCUT2D eigenvalue weighted by atomic mass is 16.4. The van der Waals surface area contributed by atoms with Crippen LogP contribution in [0.2, 0.25) is 0 Å². The third-order valence-electron chi connectivity index (χ3n) is 3.16. The van der Waals surface area contributed by atoms with E-state index in [1.165, 1.54) is 12.1 Å². The number of aromatic nitrogens is 5. The molecule has 106 valence electrons. The quantitative estimate of drug-likeness (QED) is 0.687. The lowest BCUT2D eigenvalue weighted by atomic mass is 10.1. The molecule has 3 aromatic rings. The lowest BCUT2D eigenvalue weighted by molar-refractivity contribution is -0.255. The van der Waals surface area contributed by atoms with E-state index in [1.54, 1.807) is 33.9 Å². The molecule has 0 saturated heterocycles. The van der Waals surface area contributed by atoms with Crippen molar-refractivity contribution in [1.82, 2.24) is 24.1 Å². The lowest BCUT2D eigenvalue weighted by Gasteiger charge is -2.09. The average molecular weight is 282 g/mol. The molecule has 0 aliphatic carbocycles. The molecule has 21 heavy (non-hydrogen) atoms. The molecule has 0 fully saturated rings. The zero-order valence-corrected chi connectivity index (χ0v) is 11.5. The van der Waals surface area contributed by atoms with Gasteiger partial charge in [-0.2, -0.15) is 0 Å². The summed E-state index contributed by atoms with van der Waals surface area (Å²) in [6.07, 6.45) is 6.79. The maximum absolute atomic E-state index is 11.2. The minimum atomic E-state index is -1.26. The van der Waals surface area contributed by atoms with Crippen LogP contribution in [0.5, 0.6) is 0 Å². The van der Waals surface area contributed by atoms with E-state index in [4.69, 9.17) is 0 Å². The molecule has 0 bridgehead atoms. The Morgan fingerprint density at radius 3 is 1.81 bits per heavy atom. The smallest absolute Gasteiger partial charge is 0.158 e. The van der Waals surface area contributed by atoms with Crippen molar-refractivity contribution in [3.8, 4) is 23.0 Å². The van der Waals surface area contributed by atoms with E-state index in [1.807, 2.05) is 14.1 Å². The van der Waals surface area contributed by atoms with Crippen molar-refractivity contribution in [1.29, 1.82) is 0 Å². The van der Waals surface area contributed by atoms with Crippen LogP contribution in [-0.4, -0.2) is 30.1 Å². The Balaban J connectivity index is 2.22. The molecule has 0 aromatic carbocycles. The summed E-state index contributed by atoms with van der Waals surface area (Å²) in [5.74, 6) is -0.106. The van der Waals surface area contributed by atoms with Crippen LogP contribution in [0.1, 0.15) is 10.4 Å². The highest BCUT2D eigenvalue weighted by molar-refractivity contribution is 5.88. The summed E-state index contributed by atoms with van der Waals surface area (Å²) in [4.78, 5) is 24.1. The van der Waals surface area contributed by atoms with Gasteiger partial charge in [-0.25, -0.2) is 15.0 Å². The molecular formula is C14H12N5O2-. The number of carbonyl (C=O) groups is 1. The molecule has 0 aliphatic rings. The summed E-state index contributed by atoms with van der Waals surface area (Å²) in [6.45, 7) is 0. The van der Waals surface area contributed by atoms with Gasteiger partial charge in [0.1, 0.15) is 11.4 Å². The number of aryl methyl sites for hydroxylation is 2. The fourth-order valence-electron chi connectivity index (χ4n) is 2.10. The number of nitrogens with zero attached hydrogens (tertiary/aromatic N) is 5. The minimum Gasteiger partial charge on any atom is -0.545 e. The summed E-state index contributed by atoms with van der Waals surface area (Å²) < 4.78 is 3.53. The first kappa shape index (κ1) is 13.0. The van der Waals surface area contributed by atoms with E-state index in [0.717, 1.165) is 0 Å².